The summed E-state index contributed by atoms with van der Waals surface area (Å²) in [6.45, 7) is 2.06. The molecule has 3 rings (SSSR count). The molecule has 0 spiro atoms. The minimum Gasteiger partial charge on any atom is -0.465 e. The van der Waals surface area contributed by atoms with Gasteiger partial charge in [0.25, 0.3) is 0 Å². The fourth-order valence-corrected chi connectivity index (χ4v) is 5.60. The molecule has 0 radical (unpaired) electrons. The van der Waals surface area contributed by atoms with E-state index >= 15 is 0 Å². The van der Waals surface area contributed by atoms with Crippen LogP contribution in [0.25, 0.3) is 0 Å². The normalized spacial score (nSPS) is 20.3. The molecule has 5 nitrogen and oxygen atoms in total. The SMILES string of the molecule is CCCCC(O)C(O)c1ccc(C2C(=O)CC[C@@H]2CCCc2ccc(C(=O)OC)s2)cc1. The van der Waals surface area contributed by atoms with Gasteiger partial charge in [0, 0.05) is 17.2 Å². The number of aliphatic hydroxyl groups is 2. The zero-order valence-electron chi connectivity index (χ0n) is 19.0. The van der Waals surface area contributed by atoms with Crippen LogP contribution >= 0.6 is 11.3 Å². The average Bonchev–Trinajstić information content (AvgIpc) is 3.43. The summed E-state index contributed by atoms with van der Waals surface area (Å²) in [5.41, 5.74) is 1.69. The van der Waals surface area contributed by atoms with Crippen LogP contribution < -0.4 is 0 Å². The molecule has 1 aromatic carbocycles. The zero-order chi connectivity index (χ0) is 23.1. The van der Waals surface area contributed by atoms with Crippen LogP contribution in [0.1, 0.15) is 89.6 Å². The van der Waals surface area contributed by atoms with E-state index in [1.54, 1.807) is 0 Å². The third-order valence-electron chi connectivity index (χ3n) is 6.48. The first-order valence-electron chi connectivity index (χ1n) is 11.6. The molecule has 2 aromatic rings. The van der Waals surface area contributed by atoms with Gasteiger partial charge in [0.15, 0.2) is 0 Å². The van der Waals surface area contributed by atoms with Crippen molar-refractivity contribution in [1.29, 1.82) is 0 Å². The molecule has 6 heteroatoms. The summed E-state index contributed by atoms with van der Waals surface area (Å²) in [7, 11) is 1.39. The van der Waals surface area contributed by atoms with Crippen molar-refractivity contribution < 1.29 is 24.5 Å². The first-order valence-corrected chi connectivity index (χ1v) is 12.4. The number of ether oxygens (including phenoxy) is 1. The molecule has 32 heavy (non-hydrogen) atoms. The van der Waals surface area contributed by atoms with Crippen molar-refractivity contribution in [3.05, 3.63) is 57.3 Å². The van der Waals surface area contributed by atoms with Crippen molar-refractivity contribution >= 4 is 23.1 Å². The van der Waals surface area contributed by atoms with E-state index in [9.17, 15) is 19.8 Å². The van der Waals surface area contributed by atoms with E-state index in [-0.39, 0.29) is 17.7 Å². The summed E-state index contributed by atoms with van der Waals surface area (Å²) >= 11 is 1.47. The molecule has 1 heterocycles. The summed E-state index contributed by atoms with van der Waals surface area (Å²) in [4.78, 5) is 26.0. The number of hydrogen-bond acceptors (Lipinski definition) is 6. The van der Waals surface area contributed by atoms with Crippen molar-refractivity contribution in [2.45, 2.75) is 76.4 Å². The van der Waals surface area contributed by atoms with E-state index in [2.05, 4.69) is 6.92 Å². The van der Waals surface area contributed by atoms with Gasteiger partial charge in [-0.1, -0.05) is 44.0 Å². The average molecular weight is 459 g/mol. The number of carbonyl (C=O) groups is 2. The molecular weight excluding hydrogens is 424 g/mol. The molecule has 3 unspecified atom stereocenters. The smallest absolute Gasteiger partial charge is 0.348 e. The Labute approximate surface area is 194 Å². The lowest BCUT2D eigenvalue weighted by molar-refractivity contribution is -0.119. The summed E-state index contributed by atoms with van der Waals surface area (Å²) in [6, 6.07) is 11.4. The van der Waals surface area contributed by atoms with Crippen LogP contribution in [-0.4, -0.2) is 35.2 Å². The van der Waals surface area contributed by atoms with Crippen LogP contribution in [-0.2, 0) is 16.0 Å². The van der Waals surface area contributed by atoms with Gasteiger partial charge in [-0.15, -0.1) is 11.3 Å². The molecule has 2 N–H and O–H groups in total. The Morgan fingerprint density at radius 2 is 1.91 bits per heavy atom. The summed E-state index contributed by atoms with van der Waals surface area (Å²) < 4.78 is 4.77. The monoisotopic (exact) mass is 458 g/mol. The predicted octanol–water partition coefficient (Wildman–Crippen LogP) is 5.20. The number of Topliss-reactive ketones (excluding diaryl/α,β-unsaturated/α-hetero) is 1. The molecule has 1 fully saturated rings. The summed E-state index contributed by atoms with van der Waals surface area (Å²) in [5, 5.41) is 20.6. The maximum Gasteiger partial charge on any atom is 0.348 e. The Hall–Kier alpha value is -2.02. The second kappa shape index (κ2) is 11.7. The molecule has 1 aliphatic rings. The van der Waals surface area contributed by atoms with Gasteiger partial charge in [-0.2, -0.15) is 0 Å². The van der Waals surface area contributed by atoms with E-state index in [0.717, 1.165) is 49.0 Å². The highest BCUT2D eigenvalue weighted by Gasteiger charge is 2.35. The van der Waals surface area contributed by atoms with Crippen LogP contribution in [0.5, 0.6) is 0 Å². The van der Waals surface area contributed by atoms with Gasteiger partial charge < -0.3 is 14.9 Å². The number of benzene rings is 1. The van der Waals surface area contributed by atoms with Crippen LogP contribution in [0, 0.1) is 5.92 Å². The molecule has 0 aliphatic heterocycles. The van der Waals surface area contributed by atoms with Crippen LogP contribution in [0.4, 0.5) is 0 Å². The van der Waals surface area contributed by atoms with Crippen molar-refractivity contribution in [1.82, 2.24) is 0 Å². The zero-order valence-corrected chi connectivity index (χ0v) is 19.8. The molecule has 4 atom stereocenters. The number of methoxy groups -OCH3 is 1. The van der Waals surface area contributed by atoms with Crippen molar-refractivity contribution in [2.75, 3.05) is 7.11 Å². The fourth-order valence-electron chi connectivity index (χ4n) is 4.64. The Kier molecular flexibility index (Phi) is 9.02. The van der Waals surface area contributed by atoms with Gasteiger partial charge in [-0.3, -0.25) is 4.79 Å². The minimum absolute atomic E-state index is 0.0971. The van der Waals surface area contributed by atoms with E-state index in [1.807, 2.05) is 36.4 Å². The topological polar surface area (TPSA) is 83.8 Å². The number of carbonyl (C=O) groups excluding carboxylic acids is 2. The number of thiophene rings is 1. The minimum atomic E-state index is -0.897. The van der Waals surface area contributed by atoms with Gasteiger partial charge in [0.2, 0.25) is 0 Å². The third kappa shape index (κ3) is 6.06. The summed E-state index contributed by atoms with van der Waals surface area (Å²) in [6.07, 6.45) is 5.11. The number of ketones is 1. The molecule has 0 amide bonds. The van der Waals surface area contributed by atoms with Gasteiger partial charge in [-0.05, 0) is 61.3 Å². The van der Waals surface area contributed by atoms with Crippen molar-refractivity contribution in [3.63, 3.8) is 0 Å². The lowest BCUT2D eigenvalue weighted by Crippen LogP contribution is -2.18. The molecule has 1 aromatic heterocycles. The number of aryl methyl sites for hydroxylation is 1. The van der Waals surface area contributed by atoms with Crippen LogP contribution in [0.3, 0.4) is 0 Å². The maximum atomic E-state index is 12.6. The number of rotatable bonds is 11. The number of esters is 1. The quantitative estimate of drug-likeness (QED) is 0.452. The number of aliphatic hydroxyl groups excluding tert-OH is 2. The highest BCUT2D eigenvalue weighted by atomic mass is 32.1. The first-order chi connectivity index (χ1) is 15.4. The van der Waals surface area contributed by atoms with Gasteiger partial charge >= 0.3 is 5.97 Å². The van der Waals surface area contributed by atoms with Crippen molar-refractivity contribution in [3.8, 4) is 0 Å². The first kappa shape index (κ1) is 24.6. The standard InChI is InChI=1S/C26H34O5S/c1-3-4-8-22(28)25(29)19-11-9-18(10-12-19)24-17(13-15-21(24)27)6-5-7-20-14-16-23(32-20)26(30)31-2/h9-12,14,16-17,22,24-25,28-29H,3-8,13,15H2,1-2H3/t17-,22?,24?,25?/m0/s1. The van der Waals surface area contributed by atoms with E-state index in [4.69, 9.17) is 4.74 Å². The van der Waals surface area contributed by atoms with Crippen LogP contribution in [0.15, 0.2) is 36.4 Å². The third-order valence-corrected chi connectivity index (χ3v) is 7.61. The number of hydrogen-bond donors (Lipinski definition) is 2. The summed E-state index contributed by atoms with van der Waals surface area (Å²) in [5.74, 6) is 0.207. The van der Waals surface area contributed by atoms with E-state index in [0.29, 0.717) is 29.2 Å². The highest BCUT2D eigenvalue weighted by Crippen LogP contribution is 2.40. The Bertz CT molecular complexity index is 888. The van der Waals surface area contributed by atoms with E-state index in [1.165, 1.54) is 18.4 Å². The largest absolute Gasteiger partial charge is 0.465 e. The van der Waals surface area contributed by atoms with Crippen LogP contribution in [0.2, 0.25) is 0 Å². The molecule has 1 aliphatic carbocycles. The second-order valence-corrected chi connectivity index (χ2v) is 9.88. The molecule has 0 bridgehead atoms. The Morgan fingerprint density at radius 3 is 2.59 bits per heavy atom. The Morgan fingerprint density at radius 1 is 1.16 bits per heavy atom. The fraction of sp³-hybridized carbons (Fsp3) is 0.538. The lowest BCUT2D eigenvalue weighted by Gasteiger charge is -2.21. The van der Waals surface area contributed by atoms with Gasteiger partial charge in [0.05, 0.1) is 13.2 Å². The lowest BCUT2D eigenvalue weighted by atomic mass is 9.84. The molecule has 0 saturated heterocycles. The second-order valence-electron chi connectivity index (χ2n) is 8.71. The highest BCUT2D eigenvalue weighted by molar-refractivity contribution is 7.13. The molecule has 174 valence electrons. The van der Waals surface area contributed by atoms with Gasteiger partial charge in [0.1, 0.15) is 16.8 Å². The van der Waals surface area contributed by atoms with Gasteiger partial charge in [-0.25, -0.2) is 4.79 Å². The molecular formula is C26H34O5S. The maximum absolute atomic E-state index is 12.6. The molecule has 1 saturated carbocycles. The Balaban J connectivity index is 1.58. The predicted molar refractivity (Wildman–Crippen MR) is 126 cm³/mol. The number of unbranched alkanes of at least 4 members (excludes halogenated alkanes) is 1. The van der Waals surface area contributed by atoms with Crippen molar-refractivity contribution in [2.24, 2.45) is 5.92 Å². The van der Waals surface area contributed by atoms with E-state index < -0.39 is 12.2 Å².